The van der Waals surface area contributed by atoms with E-state index in [-0.39, 0.29) is 11.1 Å². The molecule has 0 bridgehead atoms. The third-order valence-electron chi connectivity index (χ3n) is 2.95. The lowest BCUT2D eigenvalue weighted by Crippen LogP contribution is -2.28. The molecule has 0 spiro atoms. The van der Waals surface area contributed by atoms with Crippen LogP contribution in [-0.2, 0) is 0 Å². The standard InChI is InChI=1S/C15H11F4NO/c1-8(11-4-2-9(16)6-13(11)18)20-15(21)12-5-3-10(17)7-14(12)19/h2-8H,1H3,(H,20,21). The first-order valence-corrected chi connectivity index (χ1v) is 6.09. The molecule has 1 unspecified atom stereocenters. The Morgan fingerprint density at radius 1 is 0.952 bits per heavy atom. The van der Waals surface area contributed by atoms with Gasteiger partial charge in [-0.15, -0.1) is 0 Å². The van der Waals surface area contributed by atoms with Crippen LogP contribution in [0.2, 0.25) is 0 Å². The number of benzene rings is 2. The maximum Gasteiger partial charge on any atom is 0.254 e. The molecule has 2 aromatic rings. The average Bonchev–Trinajstić information content (AvgIpc) is 2.37. The van der Waals surface area contributed by atoms with Gasteiger partial charge in [-0.3, -0.25) is 4.79 Å². The molecule has 21 heavy (non-hydrogen) atoms. The number of hydrogen-bond acceptors (Lipinski definition) is 1. The Balaban J connectivity index is 2.18. The maximum atomic E-state index is 13.6. The Morgan fingerprint density at radius 2 is 1.52 bits per heavy atom. The zero-order chi connectivity index (χ0) is 15.6. The molecule has 1 amide bonds. The van der Waals surface area contributed by atoms with Crippen LogP contribution in [0.3, 0.4) is 0 Å². The molecule has 0 saturated heterocycles. The van der Waals surface area contributed by atoms with Crippen LogP contribution in [0.4, 0.5) is 17.6 Å². The van der Waals surface area contributed by atoms with E-state index in [1.807, 2.05) is 0 Å². The lowest BCUT2D eigenvalue weighted by Gasteiger charge is -2.15. The van der Waals surface area contributed by atoms with Crippen LogP contribution in [0, 0.1) is 23.3 Å². The molecule has 0 aliphatic rings. The van der Waals surface area contributed by atoms with Crippen LogP contribution in [0.5, 0.6) is 0 Å². The molecule has 0 aliphatic carbocycles. The highest BCUT2D eigenvalue weighted by atomic mass is 19.1. The summed E-state index contributed by atoms with van der Waals surface area (Å²) in [5.41, 5.74) is -0.293. The second kappa shape index (κ2) is 5.95. The summed E-state index contributed by atoms with van der Waals surface area (Å²) in [6.07, 6.45) is 0. The van der Waals surface area contributed by atoms with Crippen LogP contribution in [0.15, 0.2) is 36.4 Å². The molecule has 0 radical (unpaired) electrons. The molecule has 110 valence electrons. The van der Waals surface area contributed by atoms with Crippen molar-refractivity contribution in [2.45, 2.75) is 13.0 Å². The van der Waals surface area contributed by atoms with Crippen molar-refractivity contribution in [3.63, 3.8) is 0 Å². The smallest absolute Gasteiger partial charge is 0.254 e. The summed E-state index contributed by atoms with van der Waals surface area (Å²) in [6.45, 7) is 1.47. The molecule has 0 aliphatic heterocycles. The molecule has 2 rings (SSSR count). The summed E-state index contributed by atoms with van der Waals surface area (Å²) in [5, 5.41) is 2.37. The van der Waals surface area contributed by atoms with Gasteiger partial charge in [-0.05, 0) is 25.1 Å². The predicted molar refractivity (Wildman–Crippen MR) is 68.6 cm³/mol. The fourth-order valence-corrected chi connectivity index (χ4v) is 1.88. The van der Waals surface area contributed by atoms with E-state index in [9.17, 15) is 22.4 Å². The molecule has 1 N–H and O–H groups in total. The van der Waals surface area contributed by atoms with Gasteiger partial charge in [0.15, 0.2) is 0 Å². The van der Waals surface area contributed by atoms with Crippen molar-refractivity contribution in [1.82, 2.24) is 5.32 Å². The second-order valence-corrected chi connectivity index (χ2v) is 4.49. The van der Waals surface area contributed by atoms with E-state index in [0.29, 0.717) is 12.1 Å². The van der Waals surface area contributed by atoms with E-state index >= 15 is 0 Å². The molecule has 6 heteroatoms. The van der Waals surface area contributed by atoms with Gasteiger partial charge in [0.1, 0.15) is 23.3 Å². The quantitative estimate of drug-likeness (QED) is 0.859. The number of rotatable bonds is 3. The molecule has 0 aromatic heterocycles. The SMILES string of the molecule is CC(NC(=O)c1ccc(F)cc1F)c1ccc(F)cc1F. The van der Waals surface area contributed by atoms with Crippen LogP contribution in [0.1, 0.15) is 28.9 Å². The van der Waals surface area contributed by atoms with Crippen molar-refractivity contribution in [3.05, 3.63) is 70.8 Å². The van der Waals surface area contributed by atoms with Gasteiger partial charge in [0.2, 0.25) is 0 Å². The lowest BCUT2D eigenvalue weighted by atomic mass is 10.1. The Hall–Kier alpha value is -2.37. The lowest BCUT2D eigenvalue weighted by molar-refractivity contribution is 0.0935. The topological polar surface area (TPSA) is 29.1 Å². The van der Waals surface area contributed by atoms with Gasteiger partial charge in [0.25, 0.3) is 5.91 Å². The maximum absolute atomic E-state index is 13.6. The van der Waals surface area contributed by atoms with Gasteiger partial charge in [0, 0.05) is 17.7 Å². The number of hydrogen-bond donors (Lipinski definition) is 1. The van der Waals surface area contributed by atoms with Gasteiger partial charge >= 0.3 is 0 Å². The van der Waals surface area contributed by atoms with Gasteiger partial charge in [-0.2, -0.15) is 0 Å². The van der Waals surface area contributed by atoms with Gasteiger partial charge < -0.3 is 5.32 Å². The highest BCUT2D eigenvalue weighted by molar-refractivity contribution is 5.94. The van der Waals surface area contributed by atoms with Gasteiger partial charge in [-0.1, -0.05) is 6.07 Å². The number of carbonyl (C=O) groups is 1. The first-order chi connectivity index (χ1) is 9.88. The predicted octanol–water partition coefficient (Wildman–Crippen LogP) is 3.73. The molecule has 0 fully saturated rings. The fraction of sp³-hybridized carbons (Fsp3) is 0.133. The summed E-state index contributed by atoms with van der Waals surface area (Å²) >= 11 is 0. The first kappa shape index (κ1) is 15.0. The van der Waals surface area contributed by atoms with E-state index in [4.69, 9.17) is 0 Å². The number of carbonyl (C=O) groups excluding carboxylic acids is 1. The van der Waals surface area contributed by atoms with E-state index in [0.717, 1.165) is 18.2 Å². The van der Waals surface area contributed by atoms with Crippen LogP contribution < -0.4 is 5.32 Å². The number of halogens is 4. The van der Waals surface area contributed by atoms with E-state index < -0.39 is 35.2 Å². The van der Waals surface area contributed by atoms with Crippen LogP contribution in [-0.4, -0.2) is 5.91 Å². The Kier molecular flexibility index (Phi) is 4.26. The summed E-state index contributed by atoms with van der Waals surface area (Å²) < 4.78 is 52.6. The minimum Gasteiger partial charge on any atom is -0.345 e. The zero-order valence-electron chi connectivity index (χ0n) is 11.0. The van der Waals surface area contributed by atoms with Gasteiger partial charge in [0.05, 0.1) is 11.6 Å². The van der Waals surface area contributed by atoms with Crippen molar-refractivity contribution >= 4 is 5.91 Å². The van der Waals surface area contributed by atoms with Crippen molar-refractivity contribution in [1.29, 1.82) is 0 Å². The Bertz CT molecular complexity index is 687. The fourth-order valence-electron chi connectivity index (χ4n) is 1.88. The summed E-state index contributed by atoms with van der Waals surface area (Å²) in [7, 11) is 0. The highest BCUT2D eigenvalue weighted by Gasteiger charge is 2.18. The third-order valence-corrected chi connectivity index (χ3v) is 2.95. The number of nitrogens with one attached hydrogen (secondary N) is 1. The van der Waals surface area contributed by atoms with E-state index in [1.165, 1.54) is 13.0 Å². The Morgan fingerprint density at radius 3 is 2.10 bits per heavy atom. The molecule has 0 heterocycles. The molecule has 1 atom stereocenters. The average molecular weight is 297 g/mol. The first-order valence-electron chi connectivity index (χ1n) is 6.09. The third kappa shape index (κ3) is 3.39. The zero-order valence-corrected chi connectivity index (χ0v) is 11.0. The van der Waals surface area contributed by atoms with Crippen molar-refractivity contribution in [3.8, 4) is 0 Å². The van der Waals surface area contributed by atoms with Gasteiger partial charge in [-0.25, -0.2) is 17.6 Å². The molecular weight excluding hydrogens is 286 g/mol. The highest BCUT2D eigenvalue weighted by Crippen LogP contribution is 2.19. The summed E-state index contributed by atoms with van der Waals surface area (Å²) in [6, 6.07) is 4.65. The monoisotopic (exact) mass is 297 g/mol. The molecular formula is C15H11F4NO. The molecule has 2 aromatic carbocycles. The minimum atomic E-state index is -1.01. The van der Waals surface area contributed by atoms with Crippen LogP contribution >= 0.6 is 0 Å². The molecule has 0 saturated carbocycles. The summed E-state index contributed by atoms with van der Waals surface area (Å²) in [4.78, 5) is 11.9. The number of amides is 1. The van der Waals surface area contributed by atoms with Crippen LogP contribution in [0.25, 0.3) is 0 Å². The van der Waals surface area contributed by atoms with Crippen molar-refractivity contribution in [2.75, 3.05) is 0 Å². The second-order valence-electron chi connectivity index (χ2n) is 4.49. The molecule has 2 nitrogen and oxygen atoms in total. The summed E-state index contributed by atoms with van der Waals surface area (Å²) in [5.74, 6) is -4.19. The van der Waals surface area contributed by atoms with E-state index in [1.54, 1.807) is 0 Å². The largest absolute Gasteiger partial charge is 0.345 e. The Labute approximate surface area is 118 Å². The van der Waals surface area contributed by atoms with Crippen molar-refractivity contribution < 1.29 is 22.4 Å². The minimum absolute atomic E-state index is 0.0623. The van der Waals surface area contributed by atoms with E-state index in [2.05, 4.69) is 5.32 Å². The van der Waals surface area contributed by atoms with Crippen molar-refractivity contribution in [2.24, 2.45) is 0 Å². The normalized spacial score (nSPS) is 12.0.